The molecule has 25 heavy (non-hydrogen) atoms. The molecular weight excluding hydrogens is 322 g/mol. The summed E-state index contributed by atoms with van der Waals surface area (Å²) in [6.07, 6.45) is 0. The fourth-order valence-electron chi connectivity index (χ4n) is 2.77. The van der Waals surface area contributed by atoms with Crippen molar-refractivity contribution in [3.63, 3.8) is 0 Å². The molecule has 2 aromatic carbocycles. The van der Waals surface area contributed by atoms with Crippen molar-refractivity contribution in [3.8, 4) is 11.5 Å². The lowest BCUT2D eigenvalue weighted by Crippen LogP contribution is -2.19. The maximum atomic E-state index is 12.5. The molecular formula is C18H19N3O4. The fourth-order valence-corrected chi connectivity index (χ4v) is 2.77. The number of carbonyl (C=O) groups is 1. The number of carbonyl (C=O) groups excluding carboxylic acids is 1. The van der Waals surface area contributed by atoms with Crippen molar-refractivity contribution in [3.05, 3.63) is 52.4 Å². The summed E-state index contributed by atoms with van der Waals surface area (Å²) in [6, 6.07) is 10.3. The molecule has 0 atom stereocenters. The standard InChI is InChI=1S/C18H19N3O4/c1-20-13-7-5-11(9-14(13)21(2)18(20)23)17(22)19-12-6-8-15(24-3)16(10-12)25-4/h5-10H,1-4H3,(H,19,22). The predicted molar refractivity (Wildman–Crippen MR) is 95.7 cm³/mol. The van der Waals surface area contributed by atoms with Crippen LogP contribution in [0.3, 0.4) is 0 Å². The summed E-state index contributed by atoms with van der Waals surface area (Å²) >= 11 is 0. The third kappa shape index (κ3) is 2.84. The van der Waals surface area contributed by atoms with E-state index in [0.29, 0.717) is 28.3 Å². The van der Waals surface area contributed by atoms with Gasteiger partial charge in [0.25, 0.3) is 5.91 Å². The van der Waals surface area contributed by atoms with Crippen molar-refractivity contribution in [2.75, 3.05) is 19.5 Å². The number of rotatable bonds is 4. The fraction of sp³-hybridized carbons (Fsp3) is 0.222. The van der Waals surface area contributed by atoms with Gasteiger partial charge in [-0.05, 0) is 30.3 Å². The van der Waals surface area contributed by atoms with Gasteiger partial charge in [-0.25, -0.2) is 4.79 Å². The Bertz CT molecular complexity index is 1020. The molecule has 3 aromatic rings. The Balaban J connectivity index is 1.92. The zero-order chi connectivity index (χ0) is 18.1. The van der Waals surface area contributed by atoms with Gasteiger partial charge in [0.15, 0.2) is 11.5 Å². The van der Waals surface area contributed by atoms with Gasteiger partial charge in [-0.15, -0.1) is 0 Å². The minimum absolute atomic E-state index is 0.132. The first-order valence-electron chi connectivity index (χ1n) is 7.65. The Hall–Kier alpha value is -3.22. The molecule has 1 aromatic heterocycles. The van der Waals surface area contributed by atoms with E-state index in [1.165, 1.54) is 11.7 Å². The van der Waals surface area contributed by atoms with Crippen LogP contribution in [0.4, 0.5) is 5.69 Å². The first-order valence-corrected chi connectivity index (χ1v) is 7.65. The van der Waals surface area contributed by atoms with Crippen molar-refractivity contribution < 1.29 is 14.3 Å². The predicted octanol–water partition coefficient (Wildman–Crippen LogP) is 2.15. The van der Waals surface area contributed by atoms with Crippen LogP contribution >= 0.6 is 0 Å². The highest BCUT2D eigenvalue weighted by atomic mass is 16.5. The lowest BCUT2D eigenvalue weighted by Gasteiger charge is -2.10. The van der Waals surface area contributed by atoms with Crippen molar-refractivity contribution >= 4 is 22.6 Å². The van der Waals surface area contributed by atoms with Crippen molar-refractivity contribution in [2.24, 2.45) is 14.1 Å². The van der Waals surface area contributed by atoms with Gasteiger partial charge in [-0.1, -0.05) is 0 Å². The number of hydrogen-bond acceptors (Lipinski definition) is 4. The summed E-state index contributed by atoms with van der Waals surface area (Å²) in [5, 5.41) is 2.82. The molecule has 0 saturated carbocycles. The topological polar surface area (TPSA) is 74.5 Å². The van der Waals surface area contributed by atoms with Crippen LogP contribution in [0.15, 0.2) is 41.2 Å². The third-order valence-corrected chi connectivity index (χ3v) is 4.18. The second-order valence-electron chi connectivity index (χ2n) is 5.63. The first kappa shape index (κ1) is 16.6. The molecule has 0 bridgehead atoms. The van der Waals surface area contributed by atoms with E-state index in [4.69, 9.17) is 9.47 Å². The largest absolute Gasteiger partial charge is 0.493 e. The molecule has 0 spiro atoms. The molecule has 0 aliphatic carbocycles. The zero-order valence-corrected chi connectivity index (χ0v) is 14.5. The number of anilines is 1. The van der Waals surface area contributed by atoms with E-state index in [1.54, 1.807) is 62.2 Å². The number of imidazole rings is 1. The quantitative estimate of drug-likeness (QED) is 0.789. The van der Waals surface area contributed by atoms with E-state index in [-0.39, 0.29) is 11.6 Å². The highest BCUT2D eigenvalue weighted by Crippen LogP contribution is 2.30. The number of aryl methyl sites for hydroxylation is 2. The van der Waals surface area contributed by atoms with Crippen molar-refractivity contribution in [1.82, 2.24) is 9.13 Å². The average Bonchev–Trinajstić information content (AvgIpc) is 2.85. The highest BCUT2D eigenvalue weighted by molar-refractivity contribution is 6.06. The van der Waals surface area contributed by atoms with Crippen LogP contribution in [0, 0.1) is 0 Å². The molecule has 0 radical (unpaired) electrons. The van der Waals surface area contributed by atoms with Crippen molar-refractivity contribution in [1.29, 1.82) is 0 Å². The van der Waals surface area contributed by atoms with E-state index in [0.717, 1.165) is 5.52 Å². The number of nitrogens with zero attached hydrogens (tertiary/aromatic N) is 2. The van der Waals surface area contributed by atoms with Crippen molar-refractivity contribution in [2.45, 2.75) is 0 Å². The maximum Gasteiger partial charge on any atom is 0.328 e. The molecule has 1 N–H and O–H groups in total. The van der Waals surface area contributed by atoms with Crippen LogP contribution in [0.25, 0.3) is 11.0 Å². The third-order valence-electron chi connectivity index (χ3n) is 4.18. The molecule has 0 aliphatic rings. The first-order chi connectivity index (χ1) is 12.0. The summed E-state index contributed by atoms with van der Waals surface area (Å²) in [5.41, 5.74) is 2.39. The number of methoxy groups -OCH3 is 2. The lowest BCUT2D eigenvalue weighted by molar-refractivity contribution is 0.102. The Labute approximate surface area is 144 Å². The van der Waals surface area contributed by atoms with Crippen LogP contribution in [-0.2, 0) is 14.1 Å². The van der Waals surface area contributed by atoms with Crippen LogP contribution in [-0.4, -0.2) is 29.3 Å². The highest BCUT2D eigenvalue weighted by Gasteiger charge is 2.13. The van der Waals surface area contributed by atoms with E-state index in [9.17, 15) is 9.59 Å². The van der Waals surface area contributed by atoms with Gasteiger partial charge in [0.05, 0.1) is 25.3 Å². The summed E-state index contributed by atoms with van der Waals surface area (Å²) < 4.78 is 13.5. The second kappa shape index (κ2) is 6.35. The van der Waals surface area contributed by atoms with Gasteiger partial charge in [-0.2, -0.15) is 0 Å². The number of amides is 1. The number of nitrogens with one attached hydrogen (secondary N) is 1. The molecule has 3 rings (SSSR count). The minimum atomic E-state index is -0.273. The van der Waals surface area contributed by atoms with Gasteiger partial charge in [0, 0.05) is 31.4 Å². The molecule has 1 amide bonds. The van der Waals surface area contributed by atoms with Gasteiger partial charge < -0.3 is 14.8 Å². The van der Waals surface area contributed by atoms with E-state index in [1.807, 2.05) is 0 Å². The number of ether oxygens (including phenoxy) is 2. The summed E-state index contributed by atoms with van der Waals surface area (Å²) in [5.74, 6) is 0.841. The number of hydrogen-bond donors (Lipinski definition) is 1. The van der Waals surface area contributed by atoms with Gasteiger partial charge >= 0.3 is 5.69 Å². The Kier molecular flexibility index (Phi) is 4.22. The number of fused-ring (bicyclic) bond motifs is 1. The Morgan fingerprint density at radius 1 is 0.920 bits per heavy atom. The van der Waals surface area contributed by atoms with Crippen LogP contribution < -0.4 is 20.5 Å². The molecule has 1 heterocycles. The molecule has 0 saturated heterocycles. The van der Waals surface area contributed by atoms with E-state index in [2.05, 4.69) is 5.32 Å². The van der Waals surface area contributed by atoms with Crippen LogP contribution in [0.2, 0.25) is 0 Å². The summed E-state index contributed by atoms with van der Waals surface area (Å²) in [7, 11) is 6.47. The zero-order valence-electron chi connectivity index (χ0n) is 14.5. The molecule has 7 nitrogen and oxygen atoms in total. The monoisotopic (exact) mass is 341 g/mol. The molecule has 7 heteroatoms. The SMILES string of the molecule is COc1ccc(NC(=O)c2ccc3c(c2)n(C)c(=O)n3C)cc1OC. The normalized spacial score (nSPS) is 10.7. The number of aromatic nitrogens is 2. The Morgan fingerprint density at radius 2 is 1.60 bits per heavy atom. The average molecular weight is 341 g/mol. The number of benzene rings is 2. The lowest BCUT2D eigenvalue weighted by atomic mass is 10.1. The van der Waals surface area contributed by atoms with Gasteiger partial charge in [0.1, 0.15) is 0 Å². The molecule has 130 valence electrons. The van der Waals surface area contributed by atoms with E-state index >= 15 is 0 Å². The summed E-state index contributed by atoms with van der Waals surface area (Å²) in [6.45, 7) is 0. The second-order valence-corrected chi connectivity index (χ2v) is 5.63. The maximum absolute atomic E-state index is 12.5. The van der Waals surface area contributed by atoms with Gasteiger partial charge in [0.2, 0.25) is 0 Å². The van der Waals surface area contributed by atoms with Gasteiger partial charge in [-0.3, -0.25) is 13.9 Å². The van der Waals surface area contributed by atoms with Crippen LogP contribution in [0.5, 0.6) is 11.5 Å². The van der Waals surface area contributed by atoms with E-state index < -0.39 is 0 Å². The van der Waals surface area contributed by atoms with Crippen LogP contribution in [0.1, 0.15) is 10.4 Å². The minimum Gasteiger partial charge on any atom is -0.493 e. The Morgan fingerprint density at radius 3 is 2.28 bits per heavy atom. The molecule has 0 unspecified atom stereocenters. The summed E-state index contributed by atoms with van der Waals surface area (Å²) in [4.78, 5) is 24.5. The molecule has 0 aliphatic heterocycles. The smallest absolute Gasteiger partial charge is 0.328 e. The molecule has 0 fully saturated rings.